The maximum absolute atomic E-state index is 12.8. The van der Waals surface area contributed by atoms with E-state index in [9.17, 15) is 14.7 Å². The molecule has 1 aliphatic carbocycles. The highest BCUT2D eigenvalue weighted by Gasteiger charge is 2.28. The Morgan fingerprint density at radius 2 is 2.08 bits per heavy atom. The van der Waals surface area contributed by atoms with Gasteiger partial charge in [0.15, 0.2) is 0 Å². The third-order valence-electron chi connectivity index (χ3n) is 4.49. The van der Waals surface area contributed by atoms with Crippen LogP contribution in [-0.2, 0) is 9.53 Å². The van der Waals surface area contributed by atoms with Crippen molar-refractivity contribution in [3.8, 4) is 5.75 Å². The summed E-state index contributed by atoms with van der Waals surface area (Å²) < 4.78 is 10.2. The van der Waals surface area contributed by atoms with Gasteiger partial charge in [-0.1, -0.05) is 0 Å². The minimum Gasteiger partial charge on any atom is -0.497 e. The predicted molar refractivity (Wildman–Crippen MR) is 95.7 cm³/mol. The third kappa shape index (κ3) is 3.94. The number of aromatic nitrogens is 1. The number of hydrogen-bond donors (Lipinski definition) is 2. The van der Waals surface area contributed by atoms with Crippen molar-refractivity contribution in [2.24, 2.45) is 0 Å². The lowest BCUT2D eigenvalue weighted by molar-refractivity contribution is -0.139. The van der Waals surface area contributed by atoms with Gasteiger partial charge in [-0.25, -0.2) is 4.79 Å². The lowest BCUT2D eigenvalue weighted by atomic mass is 10.0. The molecule has 1 amide bonds. The summed E-state index contributed by atoms with van der Waals surface area (Å²) in [5.41, 5.74) is 1.99. The molecule has 1 saturated carbocycles. The van der Waals surface area contributed by atoms with E-state index in [2.05, 4.69) is 10.3 Å². The molecule has 1 heterocycles. The van der Waals surface area contributed by atoms with E-state index in [1.54, 1.807) is 25.3 Å². The zero-order valence-electron chi connectivity index (χ0n) is 14.8. The smallest absolute Gasteiger partial charge is 0.326 e. The SMILES string of the molecule is COCCC(NC(=O)c1cc(C2CC2)nc2ccc(OC)cc12)C(=O)O. The average Bonchev–Trinajstić information content (AvgIpc) is 3.48. The van der Waals surface area contributed by atoms with Crippen LogP contribution in [0.4, 0.5) is 0 Å². The Morgan fingerprint density at radius 1 is 1.31 bits per heavy atom. The van der Waals surface area contributed by atoms with E-state index in [1.165, 1.54) is 7.11 Å². The van der Waals surface area contributed by atoms with Gasteiger partial charge in [0.05, 0.1) is 18.2 Å². The molecule has 1 unspecified atom stereocenters. The van der Waals surface area contributed by atoms with Gasteiger partial charge in [0.1, 0.15) is 11.8 Å². The van der Waals surface area contributed by atoms with Gasteiger partial charge in [0.2, 0.25) is 0 Å². The molecule has 1 atom stereocenters. The van der Waals surface area contributed by atoms with Gasteiger partial charge in [-0.05, 0) is 37.1 Å². The first-order chi connectivity index (χ1) is 12.5. The van der Waals surface area contributed by atoms with Crippen LogP contribution in [0.1, 0.15) is 41.2 Å². The van der Waals surface area contributed by atoms with E-state index in [4.69, 9.17) is 9.47 Å². The van der Waals surface area contributed by atoms with Gasteiger partial charge < -0.3 is 19.9 Å². The van der Waals surface area contributed by atoms with Crippen LogP contribution >= 0.6 is 0 Å². The summed E-state index contributed by atoms with van der Waals surface area (Å²) in [5.74, 6) is -0.539. The zero-order chi connectivity index (χ0) is 18.7. The highest BCUT2D eigenvalue weighted by molar-refractivity contribution is 6.07. The Balaban J connectivity index is 1.97. The molecule has 0 bridgehead atoms. The van der Waals surface area contributed by atoms with Crippen LogP contribution in [0.15, 0.2) is 24.3 Å². The maximum Gasteiger partial charge on any atom is 0.326 e. The second kappa shape index (κ2) is 7.70. The highest BCUT2D eigenvalue weighted by atomic mass is 16.5. The normalized spacial score (nSPS) is 14.8. The summed E-state index contributed by atoms with van der Waals surface area (Å²) in [6.45, 7) is 0.246. The Bertz CT molecular complexity index is 832. The van der Waals surface area contributed by atoms with Crippen molar-refractivity contribution in [3.05, 3.63) is 35.5 Å². The number of nitrogens with zero attached hydrogens (tertiary/aromatic N) is 1. The van der Waals surface area contributed by atoms with Crippen LogP contribution in [0.3, 0.4) is 0 Å². The topological polar surface area (TPSA) is 97.8 Å². The molecule has 138 valence electrons. The number of amides is 1. The molecular formula is C19H22N2O5. The Hall–Kier alpha value is -2.67. The third-order valence-corrected chi connectivity index (χ3v) is 4.49. The van der Waals surface area contributed by atoms with E-state index >= 15 is 0 Å². The monoisotopic (exact) mass is 358 g/mol. The maximum atomic E-state index is 12.8. The van der Waals surface area contributed by atoms with E-state index in [1.807, 2.05) is 6.07 Å². The van der Waals surface area contributed by atoms with Crippen molar-refractivity contribution in [1.82, 2.24) is 10.3 Å². The number of fused-ring (bicyclic) bond motifs is 1. The van der Waals surface area contributed by atoms with Crippen molar-refractivity contribution in [2.75, 3.05) is 20.8 Å². The molecule has 0 spiro atoms. The van der Waals surface area contributed by atoms with Gasteiger partial charge in [0.25, 0.3) is 5.91 Å². The number of carbonyl (C=O) groups excluding carboxylic acids is 1. The molecule has 7 nitrogen and oxygen atoms in total. The number of carbonyl (C=O) groups is 2. The van der Waals surface area contributed by atoms with Gasteiger partial charge in [-0.2, -0.15) is 0 Å². The quantitative estimate of drug-likeness (QED) is 0.752. The van der Waals surface area contributed by atoms with Gasteiger partial charge in [-0.15, -0.1) is 0 Å². The Kier molecular flexibility index (Phi) is 5.37. The minimum atomic E-state index is -1.09. The lowest BCUT2D eigenvalue weighted by Gasteiger charge is -2.16. The summed E-state index contributed by atoms with van der Waals surface area (Å²) in [4.78, 5) is 28.9. The summed E-state index contributed by atoms with van der Waals surface area (Å²) >= 11 is 0. The number of hydrogen-bond acceptors (Lipinski definition) is 5. The number of carboxylic acid groups (broad SMARTS) is 1. The molecule has 2 aromatic rings. The fourth-order valence-electron chi connectivity index (χ4n) is 2.86. The second-order valence-corrected chi connectivity index (χ2v) is 6.40. The first-order valence-corrected chi connectivity index (χ1v) is 8.54. The molecule has 0 radical (unpaired) electrons. The van der Waals surface area contributed by atoms with Crippen LogP contribution in [-0.4, -0.2) is 48.8 Å². The Labute approximate surface area is 151 Å². The molecule has 1 aromatic carbocycles. The molecule has 0 saturated heterocycles. The summed E-state index contributed by atoms with van der Waals surface area (Å²) in [7, 11) is 3.05. The van der Waals surface area contributed by atoms with Crippen molar-refractivity contribution < 1.29 is 24.2 Å². The number of benzene rings is 1. The van der Waals surface area contributed by atoms with Crippen molar-refractivity contribution in [1.29, 1.82) is 0 Å². The number of pyridine rings is 1. The van der Waals surface area contributed by atoms with Crippen molar-refractivity contribution >= 4 is 22.8 Å². The number of methoxy groups -OCH3 is 2. The second-order valence-electron chi connectivity index (χ2n) is 6.40. The highest BCUT2D eigenvalue weighted by Crippen LogP contribution is 2.40. The van der Waals surface area contributed by atoms with E-state index < -0.39 is 17.9 Å². The summed E-state index contributed by atoms with van der Waals surface area (Å²) in [5, 5.41) is 12.6. The molecule has 0 aliphatic heterocycles. The molecule has 26 heavy (non-hydrogen) atoms. The summed E-state index contributed by atoms with van der Waals surface area (Å²) in [6.07, 6.45) is 2.31. The number of nitrogens with one attached hydrogen (secondary N) is 1. The van der Waals surface area contributed by atoms with Crippen LogP contribution in [0.5, 0.6) is 5.75 Å². The molecular weight excluding hydrogens is 336 g/mol. The van der Waals surface area contributed by atoms with Crippen LogP contribution in [0, 0.1) is 0 Å². The number of rotatable bonds is 8. The fraction of sp³-hybridized carbons (Fsp3) is 0.421. The minimum absolute atomic E-state index is 0.194. The molecule has 1 aromatic heterocycles. The lowest BCUT2D eigenvalue weighted by Crippen LogP contribution is -2.41. The number of aliphatic carboxylic acids is 1. The predicted octanol–water partition coefficient (Wildman–Crippen LogP) is 2.34. The van der Waals surface area contributed by atoms with E-state index in [0.29, 0.717) is 28.1 Å². The molecule has 2 N–H and O–H groups in total. The molecule has 1 fully saturated rings. The first-order valence-electron chi connectivity index (χ1n) is 8.54. The van der Waals surface area contributed by atoms with E-state index in [0.717, 1.165) is 18.5 Å². The number of carboxylic acids is 1. The molecule has 1 aliphatic rings. The fourth-order valence-corrected chi connectivity index (χ4v) is 2.86. The van der Waals surface area contributed by atoms with Crippen molar-refractivity contribution in [2.45, 2.75) is 31.2 Å². The van der Waals surface area contributed by atoms with Crippen LogP contribution in [0.2, 0.25) is 0 Å². The van der Waals surface area contributed by atoms with Crippen LogP contribution < -0.4 is 10.1 Å². The summed E-state index contributed by atoms with van der Waals surface area (Å²) in [6, 6.07) is 6.12. The van der Waals surface area contributed by atoms with Gasteiger partial charge >= 0.3 is 5.97 Å². The average molecular weight is 358 g/mol. The molecule has 7 heteroatoms. The van der Waals surface area contributed by atoms with Crippen molar-refractivity contribution in [3.63, 3.8) is 0 Å². The molecule has 3 rings (SSSR count). The standard InChI is InChI=1S/C19H22N2O5/c1-25-8-7-16(19(23)24)21-18(22)14-10-17(11-3-4-11)20-15-6-5-12(26-2)9-13(14)15/h5-6,9-11,16H,3-4,7-8H2,1-2H3,(H,21,22)(H,23,24). The largest absolute Gasteiger partial charge is 0.497 e. The first kappa shape index (κ1) is 18.1. The van der Waals surface area contributed by atoms with E-state index in [-0.39, 0.29) is 13.0 Å². The number of ether oxygens (including phenoxy) is 2. The van der Waals surface area contributed by atoms with Gasteiger partial charge in [0, 0.05) is 37.1 Å². The zero-order valence-corrected chi connectivity index (χ0v) is 14.8. The van der Waals surface area contributed by atoms with Gasteiger partial charge in [-0.3, -0.25) is 9.78 Å². The van der Waals surface area contributed by atoms with Crippen LogP contribution in [0.25, 0.3) is 10.9 Å². The Morgan fingerprint density at radius 3 is 2.69 bits per heavy atom.